The highest BCUT2D eigenvalue weighted by Crippen LogP contribution is 2.04. The summed E-state index contributed by atoms with van der Waals surface area (Å²) in [5.41, 5.74) is 10.6. The number of hydrogen-bond donors (Lipinski definition) is 2. The number of nitrogens with two attached hydrogens (primary N) is 2. The molecule has 0 saturated carbocycles. The van der Waals surface area contributed by atoms with Crippen LogP contribution >= 0.6 is 0 Å². The summed E-state index contributed by atoms with van der Waals surface area (Å²) in [5, 5.41) is 0. The SMILES string of the molecule is NC(=O)c1cn2ccc(N)nc2n1. The lowest BCUT2D eigenvalue weighted by atomic mass is 10.5. The zero-order valence-electron chi connectivity index (χ0n) is 6.64. The van der Waals surface area contributed by atoms with Crippen molar-refractivity contribution < 1.29 is 4.79 Å². The molecule has 0 radical (unpaired) electrons. The van der Waals surface area contributed by atoms with E-state index in [-0.39, 0.29) is 5.69 Å². The molecule has 0 spiro atoms. The van der Waals surface area contributed by atoms with Crippen molar-refractivity contribution in [1.82, 2.24) is 14.4 Å². The van der Waals surface area contributed by atoms with Gasteiger partial charge in [0.05, 0.1) is 0 Å². The first-order chi connectivity index (χ1) is 6.16. The summed E-state index contributed by atoms with van der Waals surface area (Å²) in [6.45, 7) is 0. The number of nitrogen functional groups attached to an aromatic ring is 1. The van der Waals surface area contributed by atoms with Gasteiger partial charge in [-0.05, 0) is 6.07 Å². The molecule has 0 saturated heterocycles. The highest BCUT2D eigenvalue weighted by molar-refractivity contribution is 5.91. The van der Waals surface area contributed by atoms with Crippen molar-refractivity contribution >= 4 is 17.5 Å². The highest BCUT2D eigenvalue weighted by Gasteiger charge is 2.06. The van der Waals surface area contributed by atoms with Crippen molar-refractivity contribution in [2.45, 2.75) is 0 Å². The third kappa shape index (κ3) is 1.18. The number of fused-ring (bicyclic) bond motifs is 1. The van der Waals surface area contributed by atoms with Crippen molar-refractivity contribution in [1.29, 1.82) is 0 Å². The summed E-state index contributed by atoms with van der Waals surface area (Å²) in [6.07, 6.45) is 3.17. The minimum absolute atomic E-state index is 0.179. The van der Waals surface area contributed by atoms with Crippen LogP contribution in [0.25, 0.3) is 5.78 Å². The van der Waals surface area contributed by atoms with Crippen LogP contribution < -0.4 is 11.5 Å². The zero-order chi connectivity index (χ0) is 9.42. The molecule has 0 aromatic carbocycles. The Hall–Kier alpha value is -2.11. The molecule has 0 aliphatic carbocycles. The summed E-state index contributed by atoms with van der Waals surface area (Å²) in [7, 11) is 0. The Morgan fingerprint density at radius 3 is 2.92 bits per heavy atom. The van der Waals surface area contributed by atoms with Crippen LogP contribution in [0, 0.1) is 0 Å². The Kier molecular flexibility index (Phi) is 1.42. The molecule has 66 valence electrons. The molecule has 1 amide bonds. The van der Waals surface area contributed by atoms with Crippen LogP contribution in [0.4, 0.5) is 5.82 Å². The molecular formula is C7H7N5O. The van der Waals surface area contributed by atoms with Gasteiger partial charge in [0, 0.05) is 12.4 Å². The Morgan fingerprint density at radius 2 is 2.23 bits per heavy atom. The molecule has 0 aliphatic heterocycles. The van der Waals surface area contributed by atoms with Crippen LogP contribution in [-0.2, 0) is 0 Å². The maximum absolute atomic E-state index is 10.7. The molecule has 2 rings (SSSR count). The average molecular weight is 177 g/mol. The fourth-order valence-electron chi connectivity index (χ4n) is 1.00. The van der Waals surface area contributed by atoms with E-state index in [4.69, 9.17) is 11.5 Å². The average Bonchev–Trinajstić information content (AvgIpc) is 2.46. The minimum atomic E-state index is -0.580. The molecule has 6 nitrogen and oxygen atoms in total. The fourth-order valence-corrected chi connectivity index (χ4v) is 1.00. The number of amides is 1. The smallest absolute Gasteiger partial charge is 0.268 e. The van der Waals surface area contributed by atoms with Gasteiger partial charge in [-0.1, -0.05) is 0 Å². The Morgan fingerprint density at radius 1 is 1.46 bits per heavy atom. The topological polar surface area (TPSA) is 99.3 Å². The molecule has 0 atom stereocenters. The first-order valence-electron chi connectivity index (χ1n) is 3.58. The summed E-state index contributed by atoms with van der Waals surface area (Å²) in [4.78, 5) is 18.5. The predicted molar refractivity (Wildman–Crippen MR) is 45.9 cm³/mol. The quantitative estimate of drug-likeness (QED) is 0.608. The number of rotatable bonds is 1. The van der Waals surface area contributed by atoms with Crippen LogP contribution in [0.3, 0.4) is 0 Å². The molecule has 4 N–H and O–H groups in total. The molecular weight excluding hydrogens is 170 g/mol. The van der Waals surface area contributed by atoms with Gasteiger partial charge in [0.25, 0.3) is 5.91 Å². The van der Waals surface area contributed by atoms with Crippen molar-refractivity contribution in [3.05, 3.63) is 24.2 Å². The van der Waals surface area contributed by atoms with Gasteiger partial charge in [-0.15, -0.1) is 0 Å². The summed E-state index contributed by atoms with van der Waals surface area (Å²) >= 11 is 0. The highest BCUT2D eigenvalue weighted by atomic mass is 16.1. The normalized spacial score (nSPS) is 10.5. The third-order valence-corrected chi connectivity index (χ3v) is 1.60. The second kappa shape index (κ2) is 2.44. The third-order valence-electron chi connectivity index (χ3n) is 1.60. The Balaban J connectivity index is 2.68. The van der Waals surface area contributed by atoms with E-state index in [0.29, 0.717) is 11.6 Å². The van der Waals surface area contributed by atoms with Crippen molar-refractivity contribution in [2.24, 2.45) is 5.73 Å². The first-order valence-corrected chi connectivity index (χ1v) is 3.58. The second-order valence-electron chi connectivity index (χ2n) is 2.55. The summed E-state index contributed by atoms with van der Waals surface area (Å²) < 4.78 is 1.58. The molecule has 13 heavy (non-hydrogen) atoms. The molecule has 2 aromatic heterocycles. The van der Waals surface area contributed by atoms with Crippen LogP contribution in [0.15, 0.2) is 18.5 Å². The van der Waals surface area contributed by atoms with E-state index < -0.39 is 5.91 Å². The van der Waals surface area contributed by atoms with Crippen LogP contribution in [0.5, 0.6) is 0 Å². The van der Waals surface area contributed by atoms with E-state index in [0.717, 1.165) is 0 Å². The largest absolute Gasteiger partial charge is 0.384 e. The van der Waals surface area contributed by atoms with Crippen molar-refractivity contribution in [2.75, 3.05) is 5.73 Å². The number of imidazole rings is 1. The molecule has 6 heteroatoms. The van der Waals surface area contributed by atoms with Gasteiger partial charge < -0.3 is 11.5 Å². The predicted octanol–water partition coefficient (Wildman–Crippen LogP) is -0.590. The van der Waals surface area contributed by atoms with Crippen molar-refractivity contribution in [3.8, 4) is 0 Å². The lowest BCUT2D eigenvalue weighted by Gasteiger charge is -1.91. The van der Waals surface area contributed by atoms with E-state index in [9.17, 15) is 4.79 Å². The van der Waals surface area contributed by atoms with E-state index in [1.165, 1.54) is 6.20 Å². The number of hydrogen-bond acceptors (Lipinski definition) is 4. The maximum atomic E-state index is 10.7. The molecule has 2 heterocycles. The van der Waals surface area contributed by atoms with Crippen molar-refractivity contribution in [3.63, 3.8) is 0 Å². The van der Waals surface area contributed by atoms with Gasteiger partial charge in [-0.25, -0.2) is 4.98 Å². The Bertz CT molecular complexity index is 475. The lowest BCUT2D eigenvalue weighted by molar-refractivity contribution is 0.0996. The van der Waals surface area contributed by atoms with Gasteiger partial charge in [0.1, 0.15) is 11.5 Å². The van der Waals surface area contributed by atoms with Crippen LogP contribution in [-0.4, -0.2) is 20.3 Å². The Labute approximate surface area is 73.2 Å². The number of anilines is 1. The van der Waals surface area contributed by atoms with Gasteiger partial charge in [-0.2, -0.15) is 4.98 Å². The first kappa shape index (κ1) is 7.53. The van der Waals surface area contributed by atoms with E-state index in [2.05, 4.69) is 9.97 Å². The van der Waals surface area contributed by atoms with E-state index in [1.807, 2.05) is 0 Å². The maximum Gasteiger partial charge on any atom is 0.268 e. The molecule has 0 bridgehead atoms. The van der Waals surface area contributed by atoms with E-state index >= 15 is 0 Å². The number of aromatic nitrogens is 3. The van der Waals surface area contributed by atoms with Gasteiger partial charge in [-0.3, -0.25) is 9.20 Å². The van der Waals surface area contributed by atoms with E-state index in [1.54, 1.807) is 16.7 Å². The minimum Gasteiger partial charge on any atom is -0.384 e. The second-order valence-corrected chi connectivity index (χ2v) is 2.55. The molecule has 2 aromatic rings. The summed E-state index contributed by atoms with van der Waals surface area (Å²) in [5.74, 6) is 0.145. The van der Waals surface area contributed by atoms with Gasteiger partial charge >= 0.3 is 0 Å². The number of primary amides is 1. The zero-order valence-corrected chi connectivity index (χ0v) is 6.64. The molecule has 0 aliphatic rings. The fraction of sp³-hybridized carbons (Fsp3) is 0. The monoisotopic (exact) mass is 177 g/mol. The molecule has 0 unspecified atom stereocenters. The lowest BCUT2D eigenvalue weighted by Crippen LogP contribution is -2.10. The molecule has 0 fully saturated rings. The number of nitrogens with zero attached hydrogens (tertiary/aromatic N) is 3. The van der Waals surface area contributed by atoms with Gasteiger partial charge in [0.2, 0.25) is 5.78 Å². The van der Waals surface area contributed by atoms with Crippen LogP contribution in [0.2, 0.25) is 0 Å². The standard InChI is InChI=1S/C7H7N5O/c8-5-1-2-12-3-4(6(9)13)10-7(12)11-5/h1-3H,(H2,9,13)(H2,8,10,11). The number of carbonyl (C=O) groups excluding carboxylic acids is 1. The summed E-state index contributed by atoms with van der Waals surface area (Å²) in [6, 6.07) is 1.61. The number of carbonyl (C=O) groups is 1. The van der Waals surface area contributed by atoms with Gasteiger partial charge in [0.15, 0.2) is 0 Å². The van der Waals surface area contributed by atoms with Crippen LogP contribution in [0.1, 0.15) is 10.5 Å².